The fourth-order valence-corrected chi connectivity index (χ4v) is 3.82. The van der Waals surface area contributed by atoms with Crippen molar-refractivity contribution >= 4 is 5.91 Å². The summed E-state index contributed by atoms with van der Waals surface area (Å²) in [5.74, 6) is 2.50. The summed E-state index contributed by atoms with van der Waals surface area (Å²) < 4.78 is 5.98. The summed E-state index contributed by atoms with van der Waals surface area (Å²) in [5, 5.41) is 0. The van der Waals surface area contributed by atoms with Crippen LogP contribution in [0.15, 0.2) is 28.7 Å². The Hall–Kier alpha value is -2.14. The normalized spacial score (nSPS) is 18.5. The van der Waals surface area contributed by atoms with Gasteiger partial charge in [0.05, 0.1) is 6.54 Å². The molecule has 5 nitrogen and oxygen atoms in total. The fourth-order valence-electron chi connectivity index (χ4n) is 3.82. The Morgan fingerprint density at radius 3 is 2.62 bits per heavy atom. The van der Waals surface area contributed by atoms with Crippen molar-refractivity contribution in [3.63, 3.8) is 0 Å². The van der Waals surface area contributed by atoms with Crippen LogP contribution in [0.5, 0.6) is 0 Å². The van der Waals surface area contributed by atoms with E-state index in [4.69, 9.17) is 9.40 Å². The lowest BCUT2D eigenvalue weighted by molar-refractivity contribution is -0.137. The monoisotopic (exact) mass is 353 g/mol. The van der Waals surface area contributed by atoms with Gasteiger partial charge < -0.3 is 9.32 Å². The van der Waals surface area contributed by atoms with Gasteiger partial charge in [-0.25, -0.2) is 4.98 Å². The number of aryl methyl sites for hydroxylation is 1. The summed E-state index contributed by atoms with van der Waals surface area (Å²) in [6, 6.07) is 7.97. The van der Waals surface area contributed by atoms with Crippen molar-refractivity contribution in [2.24, 2.45) is 0 Å². The number of oxazole rings is 1. The Kier molecular flexibility index (Phi) is 4.57. The van der Waals surface area contributed by atoms with Gasteiger partial charge in [-0.05, 0) is 39.4 Å². The number of rotatable bonds is 4. The molecule has 1 fully saturated rings. The highest BCUT2D eigenvalue weighted by Gasteiger charge is 2.33. The maximum absolute atomic E-state index is 13.3. The van der Waals surface area contributed by atoms with E-state index in [1.54, 1.807) is 0 Å². The first-order chi connectivity index (χ1) is 12.5. The molecule has 2 aliphatic rings. The first-order valence-corrected chi connectivity index (χ1v) is 9.53. The molecular formula is C21H27N3O2. The summed E-state index contributed by atoms with van der Waals surface area (Å²) >= 11 is 0. The van der Waals surface area contributed by atoms with Gasteiger partial charge in [-0.3, -0.25) is 9.69 Å². The van der Waals surface area contributed by atoms with E-state index in [1.165, 1.54) is 24.8 Å². The number of aromatic nitrogens is 1. The number of nitrogens with zero attached hydrogens (tertiary/aromatic N) is 3. The van der Waals surface area contributed by atoms with E-state index in [9.17, 15) is 4.79 Å². The molecule has 0 bridgehead atoms. The number of carbonyl (C=O) groups is 1. The second kappa shape index (κ2) is 6.88. The maximum Gasteiger partial charge on any atom is 0.244 e. The number of hydrogen-bond acceptors (Lipinski definition) is 4. The minimum Gasteiger partial charge on any atom is -0.445 e. The molecule has 138 valence electrons. The molecular weight excluding hydrogens is 326 g/mol. The zero-order valence-electron chi connectivity index (χ0n) is 15.9. The van der Waals surface area contributed by atoms with Gasteiger partial charge in [0.15, 0.2) is 5.89 Å². The van der Waals surface area contributed by atoms with Gasteiger partial charge in [0, 0.05) is 18.9 Å². The van der Waals surface area contributed by atoms with Crippen LogP contribution in [-0.2, 0) is 17.8 Å². The van der Waals surface area contributed by atoms with E-state index >= 15 is 0 Å². The van der Waals surface area contributed by atoms with Crippen LogP contribution < -0.4 is 0 Å². The van der Waals surface area contributed by atoms with Crippen molar-refractivity contribution in [1.29, 1.82) is 0 Å². The average Bonchev–Trinajstić information content (AvgIpc) is 2.97. The molecule has 1 aliphatic heterocycles. The summed E-state index contributed by atoms with van der Waals surface area (Å²) in [4.78, 5) is 21.9. The second-order valence-corrected chi connectivity index (χ2v) is 7.84. The van der Waals surface area contributed by atoms with Gasteiger partial charge >= 0.3 is 0 Å². The second-order valence-electron chi connectivity index (χ2n) is 7.84. The number of fused-ring (bicyclic) bond motifs is 1. The van der Waals surface area contributed by atoms with E-state index in [0.29, 0.717) is 19.0 Å². The van der Waals surface area contributed by atoms with Gasteiger partial charge in [-0.2, -0.15) is 0 Å². The van der Waals surface area contributed by atoms with E-state index in [2.05, 4.69) is 31.2 Å². The van der Waals surface area contributed by atoms with Crippen LogP contribution in [0.25, 0.3) is 0 Å². The Labute approximate surface area is 155 Å². The van der Waals surface area contributed by atoms with Gasteiger partial charge in [0.1, 0.15) is 17.5 Å². The Bertz CT molecular complexity index is 790. The molecule has 0 spiro atoms. The minimum absolute atomic E-state index is 0.137. The zero-order valence-corrected chi connectivity index (χ0v) is 15.9. The van der Waals surface area contributed by atoms with Crippen LogP contribution in [0, 0.1) is 6.92 Å². The highest BCUT2D eigenvalue weighted by atomic mass is 16.4. The van der Waals surface area contributed by atoms with Gasteiger partial charge in [-0.1, -0.05) is 36.2 Å². The number of hydrogen-bond donors (Lipinski definition) is 0. The lowest BCUT2D eigenvalue weighted by Gasteiger charge is -2.32. The third-order valence-electron chi connectivity index (χ3n) is 5.65. The molecule has 5 heteroatoms. The molecule has 1 amide bonds. The Morgan fingerprint density at radius 1 is 1.27 bits per heavy atom. The van der Waals surface area contributed by atoms with E-state index < -0.39 is 0 Å². The number of likely N-dealkylation sites (N-methyl/N-ethyl adjacent to an activating group) is 1. The number of carbonyl (C=O) groups excluding carboxylic acids is 1. The summed E-state index contributed by atoms with van der Waals surface area (Å²) in [6.45, 7) is 3.31. The predicted molar refractivity (Wildman–Crippen MR) is 99.8 cm³/mol. The predicted octanol–water partition coefficient (Wildman–Crippen LogP) is 3.44. The molecule has 1 aliphatic carbocycles. The van der Waals surface area contributed by atoms with Crippen LogP contribution >= 0.6 is 0 Å². The van der Waals surface area contributed by atoms with Crippen LogP contribution in [0.4, 0.5) is 0 Å². The molecule has 1 aromatic heterocycles. The molecule has 2 heterocycles. The van der Waals surface area contributed by atoms with Crippen LogP contribution in [-0.4, -0.2) is 41.3 Å². The molecule has 4 rings (SSSR count). The molecule has 2 aromatic rings. The number of benzene rings is 1. The Balaban J connectivity index is 1.53. The molecule has 0 saturated heterocycles. The maximum atomic E-state index is 13.3. The van der Waals surface area contributed by atoms with Crippen molar-refractivity contribution in [1.82, 2.24) is 14.8 Å². The summed E-state index contributed by atoms with van der Waals surface area (Å²) in [7, 11) is 3.92. The average molecular weight is 353 g/mol. The van der Waals surface area contributed by atoms with E-state index in [0.717, 1.165) is 29.3 Å². The van der Waals surface area contributed by atoms with Crippen molar-refractivity contribution < 1.29 is 9.21 Å². The highest BCUT2D eigenvalue weighted by Crippen LogP contribution is 2.37. The third kappa shape index (κ3) is 3.16. The van der Waals surface area contributed by atoms with E-state index in [-0.39, 0.29) is 11.9 Å². The smallest absolute Gasteiger partial charge is 0.244 e. The molecule has 0 N–H and O–H groups in total. The molecule has 0 radical (unpaired) electrons. The van der Waals surface area contributed by atoms with E-state index in [1.807, 2.05) is 23.9 Å². The zero-order chi connectivity index (χ0) is 18.3. The fraction of sp³-hybridized carbons (Fsp3) is 0.524. The first kappa shape index (κ1) is 17.3. The molecule has 1 aromatic carbocycles. The lowest BCUT2D eigenvalue weighted by Crippen LogP contribution is -2.43. The third-order valence-corrected chi connectivity index (χ3v) is 5.65. The minimum atomic E-state index is -0.268. The number of amides is 1. The van der Waals surface area contributed by atoms with Gasteiger partial charge in [0.2, 0.25) is 5.91 Å². The van der Waals surface area contributed by atoms with Crippen molar-refractivity contribution in [3.05, 3.63) is 52.7 Å². The SMILES string of the molecule is Cc1ccc(C(C(=O)N2CCc3oc(C4CCC4)nc3C2)N(C)C)cc1. The summed E-state index contributed by atoms with van der Waals surface area (Å²) in [6.07, 6.45) is 4.38. The first-order valence-electron chi connectivity index (χ1n) is 9.53. The standard InChI is InChI=1S/C21H27N3O2/c1-14-7-9-15(10-8-14)19(23(2)3)21(25)24-12-11-18-17(13-24)22-20(26-18)16-5-4-6-16/h7-10,16,19H,4-6,11-13H2,1-3H3. The quantitative estimate of drug-likeness (QED) is 0.845. The van der Waals surface area contributed by atoms with Gasteiger partial charge in [-0.15, -0.1) is 0 Å². The topological polar surface area (TPSA) is 49.6 Å². The molecule has 26 heavy (non-hydrogen) atoms. The lowest BCUT2D eigenvalue weighted by atomic mass is 9.85. The van der Waals surface area contributed by atoms with Crippen LogP contribution in [0.2, 0.25) is 0 Å². The molecule has 1 atom stereocenters. The molecule has 1 unspecified atom stereocenters. The van der Waals surface area contributed by atoms with Gasteiger partial charge in [0.25, 0.3) is 0 Å². The van der Waals surface area contributed by atoms with Crippen LogP contribution in [0.3, 0.4) is 0 Å². The Morgan fingerprint density at radius 2 is 2.00 bits per heavy atom. The van der Waals surface area contributed by atoms with Crippen LogP contribution in [0.1, 0.15) is 59.7 Å². The largest absolute Gasteiger partial charge is 0.445 e. The molecule has 1 saturated carbocycles. The van der Waals surface area contributed by atoms with Crippen molar-refractivity contribution in [2.75, 3.05) is 20.6 Å². The van der Waals surface area contributed by atoms with Crippen molar-refractivity contribution in [3.8, 4) is 0 Å². The highest BCUT2D eigenvalue weighted by molar-refractivity contribution is 5.83. The van der Waals surface area contributed by atoms with Crippen molar-refractivity contribution in [2.45, 2.75) is 51.1 Å². The summed E-state index contributed by atoms with van der Waals surface area (Å²) in [5.41, 5.74) is 3.19.